The Balaban J connectivity index is 1.87. The minimum atomic E-state index is -0.508. The van der Waals surface area contributed by atoms with Gasteiger partial charge in [-0.15, -0.1) is 0 Å². The van der Waals surface area contributed by atoms with Gasteiger partial charge in [0.2, 0.25) is 11.5 Å². The summed E-state index contributed by atoms with van der Waals surface area (Å²) in [5, 5.41) is 9.83. The second kappa shape index (κ2) is 8.07. The maximum atomic E-state index is 11.5. The molecule has 160 valence electrons. The first kappa shape index (κ1) is 20.9. The molecule has 2 heterocycles. The van der Waals surface area contributed by atoms with Gasteiger partial charge in [0.25, 0.3) is 0 Å². The number of nitrogens with zero attached hydrogens (tertiary/aromatic N) is 2. The van der Waals surface area contributed by atoms with Crippen LogP contribution in [-0.4, -0.2) is 49.9 Å². The Bertz CT molecular complexity index is 929. The van der Waals surface area contributed by atoms with E-state index in [0.29, 0.717) is 36.6 Å². The van der Waals surface area contributed by atoms with Gasteiger partial charge in [-0.1, -0.05) is 6.08 Å². The molecule has 8 nitrogen and oxygen atoms in total. The van der Waals surface area contributed by atoms with Gasteiger partial charge in [-0.2, -0.15) is 9.94 Å². The number of ether oxygens (including phenoxy) is 3. The van der Waals surface area contributed by atoms with Crippen molar-refractivity contribution in [2.75, 3.05) is 20.8 Å². The van der Waals surface area contributed by atoms with Gasteiger partial charge in [0.05, 0.1) is 33.4 Å². The van der Waals surface area contributed by atoms with Gasteiger partial charge in [0.1, 0.15) is 12.2 Å². The number of hydrogen-bond acceptors (Lipinski definition) is 8. The summed E-state index contributed by atoms with van der Waals surface area (Å²) in [5.74, 6) is 1.19. The fourth-order valence-corrected chi connectivity index (χ4v) is 4.96. The molecule has 5 atom stereocenters. The van der Waals surface area contributed by atoms with E-state index >= 15 is 0 Å². The molecule has 9 heteroatoms. The highest BCUT2D eigenvalue weighted by atomic mass is 31.1. The summed E-state index contributed by atoms with van der Waals surface area (Å²) < 4.78 is 22.7. The summed E-state index contributed by atoms with van der Waals surface area (Å²) in [4.78, 5) is 19.0. The number of benzene rings is 1. The predicted molar refractivity (Wildman–Crippen MR) is 110 cm³/mol. The summed E-state index contributed by atoms with van der Waals surface area (Å²) in [6.45, 7) is 3.82. The molecular weight excluding hydrogens is 407 g/mol. The molecule has 5 unspecified atom stereocenters. The van der Waals surface area contributed by atoms with Crippen LogP contribution < -0.4 is 14.4 Å². The number of esters is 1. The van der Waals surface area contributed by atoms with Gasteiger partial charge < -0.3 is 19.1 Å². The molecule has 0 bridgehead atoms. The van der Waals surface area contributed by atoms with Crippen LogP contribution in [0.4, 0.5) is 0 Å². The van der Waals surface area contributed by atoms with E-state index in [1.54, 1.807) is 7.11 Å². The number of rotatable bonds is 5. The Morgan fingerprint density at radius 3 is 2.93 bits per heavy atom. The molecule has 4 rings (SSSR count). The van der Waals surface area contributed by atoms with Gasteiger partial charge in [-0.3, -0.25) is 9.69 Å². The average molecular weight is 432 g/mol. The van der Waals surface area contributed by atoms with Crippen molar-refractivity contribution >= 4 is 14.8 Å². The molecule has 0 aromatic heterocycles. The van der Waals surface area contributed by atoms with Crippen molar-refractivity contribution in [3.05, 3.63) is 29.3 Å². The van der Waals surface area contributed by atoms with E-state index in [9.17, 15) is 10.1 Å². The number of carbonyl (C=O) groups excluding carboxylic acids is 1. The van der Waals surface area contributed by atoms with Crippen LogP contribution in [0.1, 0.15) is 30.9 Å². The molecule has 0 saturated heterocycles. The van der Waals surface area contributed by atoms with Crippen molar-refractivity contribution in [1.82, 2.24) is 4.90 Å². The summed E-state index contributed by atoms with van der Waals surface area (Å²) in [6, 6.07) is 4.04. The van der Waals surface area contributed by atoms with E-state index < -0.39 is 5.41 Å². The minimum Gasteiger partial charge on any atom is -0.490 e. The molecule has 30 heavy (non-hydrogen) atoms. The van der Waals surface area contributed by atoms with E-state index in [1.807, 2.05) is 30.8 Å². The highest BCUT2D eigenvalue weighted by Crippen LogP contribution is 2.59. The van der Waals surface area contributed by atoms with Gasteiger partial charge in [0, 0.05) is 25.5 Å². The molecule has 0 saturated carbocycles. The zero-order valence-corrected chi connectivity index (χ0v) is 18.4. The number of methoxy groups -OCH3 is 1. The van der Waals surface area contributed by atoms with Crippen molar-refractivity contribution in [1.29, 1.82) is 5.26 Å². The van der Waals surface area contributed by atoms with Crippen LogP contribution in [0.3, 0.4) is 0 Å². The summed E-state index contributed by atoms with van der Waals surface area (Å²) in [7, 11) is 3.66. The van der Waals surface area contributed by atoms with Crippen LogP contribution in [0.5, 0.6) is 17.2 Å². The molecular formula is C21H25N2O6P. The van der Waals surface area contributed by atoms with Gasteiger partial charge >= 0.3 is 5.97 Å². The van der Waals surface area contributed by atoms with Crippen molar-refractivity contribution in [2.45, 2.75) is 50.0 Å². The third kappa shape index (κ3) is 3.31. The Morgan fingerprint density at radius 2 is 2.27 bits per heavy atom. The fourth-order valence-electron chi connectivity index (χ4n) is 4.78. The second-order valence-corrected chi connectivity index (χ2v) is 8.37. The lowest BCUT2D eigenvalue weighted by atomic mass is 9.68. The Hall–Kier alpha value is -2.33. The van der Waals surface area contributed by atoms with Gasteiger partial charge in [-0.25, -0.2) is 0 Å². The molecule has 1 aromatic carbocycles. The van der Waals surface area contributed by atoms with Crippen LogP contribution in [-0.2, 0) is 26.2 Å². The molecule has 2 aliphatic heterocycles. The van der Waals surface area contributed by atoms with Crippen molar-refractivity contribution in [3.63, 3.8) is 0 Å². The predicted octanol–water partition coefficient (Wildman–Crippen LogP) is 2.85. The van der Waals surface area contributed by atoms with E-state index in [4.69, 9.17) is 23.8 Å². The molecule has 0 N–H and O–H groups in total. The first-order valence-electron chi connectivity index (χ1n) is 9.81. The third-order valence-electron chi connectivity index (χ3n) is 6.01. The molecule has 1 aliphatic carbocycles. The molecule has 0 amide bonds. The zero-order valence-electron chi connectivity index (χ0n) is 17.4. The topological polar surface area (TPSA) is 90.2 Å². The first-order valence-corrected chi connectivity index (χ1v) is 11.2. The van der Waals surface area contributed by atoms with Crippen LogP contribution in [0.15, 0.2) is 18.2 Å². The molecule has 1 spiro atoms. The second-order valence-electron chi connectivity index (χ2n) is 7.80. The average Bonchev–Trinajstić information content (AvgIpc) is 2.97. The van der Waals surface area contributed by atoms with Crippen molar-refractivity contribution in [2.24, 2.45) is 0 Å². The SMILES string of the molecule is COc1c(OOPC)cc2c3c1OC1CC(OC(C)=O)C=CC31CC(C#N)N(C)C2. The van der Waals surface area contributed by atoms with Crippen LogP contribution in [0.25, 0.3) is 0 Å². The standard InChI is InChI=1S/C21H25N2O6P/c1-12(24)26-15-5-6-21-9-14(10-22)23(2)11-13-7-16(28-29-30-4)19(25-3)20(18(13)21)27-17(21)8-15/h5-7,14-15,17,30H,8-9,11H2,1-4H3. The number of nitriles is 1. The smallest absolute Gasteiger partial charge is 0.303 e. The van der Waals surface area contributed by atoms with E-state index in [1.165, 1.54) is 6.92 Å². The maximum Gasteiger partial charge on any atom is 0.303 e. The van der Waals surface area contributed by atoms with E-state index in [-0.39, 0.29) is 33.0 Å². The number of hydrogen-bond donors (Lipinski definition) is 0. The number of carbonyl (C=O) groups is 1. The summed E-state index contributed by atoms with van der Waals surface area (Å²) >= 11 is 0. The van der Waals surface area contributed by atoms with E-state index in [0.717, 1.165) is 11.1 Å². The third-order valence-corrected chi connectivity index (χ3v) is 6.26. The van der Waals surface area contributed by atoms with Crippen molar-refractivity contribution < 1.29 is 28.6 Å². The fraction of sp³-hybridized carbons (Fsp3) is 0.524. The van der Waals surface area contributed by atoms with Crippen LogP contribution in [0, 0.1) is 11.3 Å². The minimum absolute atomic E-state index is 0.149. The first-order chi connectivity index (χ1) is 14.4. The maximum absolute atomic E-state index is 11.5. The van der Waals surface area contributed by atoms with Crippen LogP contribution >= 0.6 is 8.81 Å². The molecule has 3 aliphatic rings. The lowest BCUT2D eigenvalue weighted by Crippen LogP contribution is -2.45. The lowest BCUT2D eigenvalue weighted by Gasteiger charge is -2.37. The molecule has 0 radical (unpaired) electrons. The van der Waals surface area contributed by atoms with E-state index in [2.05, 4.69) is 12.1 Å². The van der Waals surface area contributed by atoms with Crippen LogP contribution in [0.2, 0.25) is 0 Å². The largest absolute Gasteiger partial charge is 0.490 e. The lowest BCUT2D eigenvalue weighted by molar-refractivity contribution is -0.145. The highest BCUT2D eigenvalue weighted by molar-refractivity contribution is 7.31. The Kier molecular flexibility index (Phi) is 5.63. The normalized spacial score (nSPS) is 29.5. The quantitative estimate of drug-likeness (QED) is 0.231. The summed E-state index contributed by atoms with van der Waals surface area (Å²) in [5.41, 5.74) is 1.51. The summed E-state index contributed by atoms with van der Waals surface area (Å²) in [6.07, 6.45) is 4.38. The highest BCUT2D eigenvalue weighted by Gasteiger charge is 2.55. The van der Waals surface area contributed by atoms with Gasteiger partial charge in [-0.05, 0) is 37.8 Å². The molecule has 1 aromatic rings. The Labute approximate surface area is 177 Å². The molecule has 0 fully saturated rings. The van der Waals surface area contributed by atoms with Crippen molar-refractivity contribution in [3.8, 4) is 23.3 Å². The zero-order chi connectivity index (χ0) is 21.5. The monoisotopic (exact) mass is 432 g/mol. The van der Waals surface area contributed by atoms with Gasteiger partial charge in [0.15, 0.2) is 5.75 Å². The Morgan fingerprint density at radius 1 is 1.47 bits per heavy atom.